The minimum Gasteiger partial charge on any atom is -0.325 e. The van der Waals surface area contributed by atoms with Crippen molar-refractivity contribution in [2.75, 3.05) is 18.4 Å². The summed E-state index contributed by atoms with van der Waals surface area (Å²) in [4.78, 5) is 14.0. The fourth-order valence-corrected chi connectivity index (χ4v) is 3.23. The average Bonchev–Trinajstić information content (AvgIpc) is 2.70. The van der Waals surface area contributed by atoms with Crippen LogP contribution in [0, 0.1) is 0 Å². The predicted molar refractivity (Wildman–Crippen MR) is 90.2 cm³/mol. The number of hydrogen-bond acceptors (Lipinski definition) is 2. The van der Waals surface area contributed by atoms with Crippen LogP contribution in [0.5, 0.6) is 0 Å². The highest BCUT2D eigenvalue weighted by atomic mass is 19.4. The van der Waals surface area contributed by atoms with Crippen molar-refractivity contribution in [1.82, 2.24) is 4.90 Å². The molecule has 6 heteroatoms. The van der Waals surface area contributed by atoms with Crippen LogP contribution in [0.4, 0.5) is 18.9 Å². The zero-order valence-corrected chi connectivity index (χ0v) is 13.6. The molecule has 0 saturated carbocycles. The Morgan fingerprint density at radius 3 is 2.44 bits per heavy atom. The van der Waals surface area contributed by atoms with Gasteiger partial charge in [-0.1, -0.05) is 48.5 Å². The van der Waals surface area contributed by atoms with E-state index in [2.05, 4.69) is 5.32 Å². The van der Waals surface area contributed by atoms with E-state index in [1.807, 2.05) is 59.5 Å². The number of hydrogen-bond donors (Lipinski definition) is 1. The number of carbonyl (C=O) groups excluding carboxylic acids is 1. The largest absolute Gasteiger partial charge is 0.389 e. The summed E-state index contributed by atoms with van der Waals surface area (Å²) >= 11 is 0. The SMILES string of the molecule is O=C1CN(CCCC(F)(F)F)C(c2ccccc2)c2ccccc2N1. The Bertz CT molecular complexity index is 731. The molecule has 1 amide bonds. The maximum Gasteiger partial charge on any atom is 0.389 e. The highest BCUT2D eigenvalue weighted by Crippen LogP contribution is 2.36. The number of amides is 1. The molecule has 3 nitrogen and oxygen atoms in total. The molecular formula is C19H19F3N2O. The van der Waals surface area contributed by atoms with Gasteiger partial charge in [0.25, 0.3) is 0 Å². The first-order chi connectivity index (χ1) is 11.9. The van der Waals surface area contributed by atoms with Crippen molar-refractivity contribution in [3.8, 4) is 0 Å². The summed E-state index contributed by atoms with van der Waals surface area (Å²) in [5, 5.41) is 2.86. The molecule has 1 heterocycles. The number of anilines is 1. The molecule has 0 fully saturated rings. The van der Waals surface area contributed by atoms with E-state index in [4.69, 9.17) is 0 Å². The number of nitrogens with zero attached hydrogens (tertiary/aromatic N) is 1. The predicted octanol–water partition coefficient (Wildman–Crippen LogP) is 4.37. The first-order valence-corrected chi connectivity index (χ1v) is 8.18. The van der Waals surface area contributed by atoms with Crippen molar-refractivity contribution < 1.29 is 18.0 Å². The smallest absolute Gasteiger partial charge is 0.325 e. The topological polar surface area (TPSA) is 32.3 Å². The Kier molecular flexibility index (Phi) is 5.08. The molecule has 0 radical (unpaired) electrons. The molecule has 2 aromatic carbocycles. The molecule has 0 aliphatic carbocycles. The molecule has 1 aliphatic rings. The first-order valence-electron chi connectivity index (χ1n) is 8.18. The lowest BCUT2D eigenvalue weighted by molar-refractivity contribution is -0.136. The third-order valence-electron chi connectivity index (χ3n) is 4.26. The summed E-state index contributed by atoms with van der Waals surface area (Å²) in [6.45, 7) is 0.257. The van der Waals surface area contributed by atoms with E-state index in [9.17, 15) is 18.0 Å². The van der Waals surface area contributed by atoms with Gasteiger partial charge in [0.05, 0.1) is 12.6 Å². The number of alkyl halides is 3. The second-order valence-corrected chi connectivity index (χ2v) is 6.14. The molecule has 2 aromatic rings. The number of halogens is 3. The zero-order chi connectivity index (χ0) is 17.9. The summed E-state index contributed by atoms with van der Waals surface area (Å²) in [6, 6.07) is 16.7. The quantitative estimate of drug-likeness (QED) is 0.890. The van der Waals surface area contributed by atoms with E-state index < -0.39 is 12.6 Å². The van der Waals surface area contributed by atoms with Gasteiger partial charge in [-0.25, -0.2) is 0 Å². The summed E-state index contributed by atoms with van der Waals surface area (Å²) in [5.41, 5.74) is 2.56. The van der Waals surface area contributed by atoms with Gasteiger partial charge in [-0.05, 0) is 30.2 Å². The zero-order valence-electron chi connectivity index (χ0n) is 13.6. The summed E-state index contributed by atoms with van der Waals surface area (Å²) in [5.74, 6) is -0.210. The Morgan fingerprint density at radius 2 is 1.72 bits per heavy atom. The molecule has 132 valence electrons. The van der Waals surface area contributed by atoms with E-state index in [-0.39, 0.29) is 31.5 Å². The van der Waals surface area contributed by atoms with Crippen LogP contribution in [0.3, 0.4) is 0 Å². The van der Waals surface area contributed by atoms with Gasteiger partial charge in [0.15, 0.2) is 0 Å². The molecule has 0 spiro atoms. The molecule has 0 aromatic heterocycles. The molecule has 0 bridgehead atoms. The van der Waals surface area contributed by atoms with Crippen molar-refractivity contribution in [3.63, 3.8) is 0 Å². The van der Waals surface area contributed by atoms with Gasteiger partial charge < -0.3 is 5.32 Å². The van der Waals surface area contributed by atoms with Gasteiger partial charge in [0.1, 0.15) is 0 Å². The van der Waals surface area contributed by atoms with Gasteiger partial charge in [-0.3, -0.25) is 9.69 Å². The monoisotopic (exact) mass is 348 g/mol. The second-order valence-electron chi connectivity index (χ2n) is 6.14. The lowest BCUT2D eigenvalue weighted by Crippen LogP contribution is -2.35. The maximum atomic E-state index is 12.5. The number of benzene rings is 2. The van der Waals surface area contributed by atoms with Crippen molar-refractivity contribution >= 4 is 11.6 Å². The fourth-order valence-electron chi connectivity index (χ4n) is 3.23. The van der Waals surface area contributed by atoms with Crippen LogP contribution in [-0.2, 0) is 4.79 Å². The molecule has 3 rings (SSSR count). The van der Waals surface area contributed by atoms with Crippen molar-refractivity contribution in [3.05, 3.63) is 65.7 Å². The Balaban J connectivity index is 1.94. The van der Waals surface area contributed by atoms with Crippen LogP contribution < -0.4 is 5.32 Å². The molecular weight excluding hydrogens is 329 g/mol. The highest BCUT2D eigenvalue weighted by Gasteiger charge is 2.31. The minimum absolute atomic E-state index is 0.0394. The molecule has 0 saturated heterocycles. The van der Waals surface area contributed by atoms with E-state index >= 15 is 0 Å². The van der Waals surface area contributed by atoms with Crippen LogP contribution in [0.15, 0.2) is 54.6 Å². The van der Waals surface area contributed by atoms with E-state index in [1.165, 1.54) is 0 Å². The number of carbonyl (C=O) groups is 1. The second kappa shape index (κ2) is 7.27. The average molecular weight is 348 g/mol. The third kappa shape index (κ3) is 4.39. The molecule has 25 heavy (non-hydrogen) atoms. The van der Waals surface area contributed by atoms with Crippen LogP contribution in [-0.4, -0.2) is 30.1 Å². The highest BCUT2D eigenvalue weighted by molar-refractivity contribution is 5.94. The Hall–Kier alpha value is -2.34. The van der Waals surface area contributed by atoms with Gasteiger partial charge >= 0.3 is 6.18 Å². The van der Waals surface area contributed by atoms with E-state index in [0.717, 1.165) is 11.1 Å². The van der Waals surface area contributed by atoms with Crippen molar-refractivity contribution in [1.29, 1.82) is 0 Å². The molecule has 1 atom stereocenters. The van der Waals surface area contributed by atoms with E-state index in [0.29, 0.717) is 5.69 Å². The summed E-state index contributed by atoms with van der Waals surface area (Å²) in [7, 11) is 0. The maximum absolute atomic E-state index is 12.5. The number of fused-ring (bicyclic) bond motifs is 1. The third-order valence-corrected chi connectivity index (χ3v) is 4.26. The minimum atomic E-state index is -4.19. The van der Waals surface area contributed by atoms with Crippen LogP contribution >= 0.6 is 0 Å². The Labute approximate surface area is 144 Å². The van der Waals surface area contributed by atoms with Crippen molar-refractivity contribution in [2.24, 2.45) is 0 Å². The molecule has 1 unspecified atom stereocenters. The fraction of sp³-hybridized carbons (Fsp3) is 0.316. The van der Waals surface area contributed by atoms with Crippen LogP contribution in [0.1, 0.15) is 30.0 Å². The standard InChI is InChI=1S/C19H19F3N2O/c20-19(21,22)11-6-12-24-13-17(25)23-16-10-5-4-9-15(16)18(24)14-7-2-1-3-8-14/h1-5,7-10,18H,6,11-13H2,(H,23,25). The number of para-hydroxylation sites is 1. The summed E-state index contributed by atoms with van der Waals surface area (Å²) in [6.07, 6.45) is -5.08. The van der Waals surface area contributed by atoms with Gasteiger partial charge in [0, 0.05) is 12.1 Å². The summed E-state index contributed by atoms with van der Waals surface area (Å²) < 4.78 is 37.6. The van der Waals surface area contributed by atoms with Crippen LogP contribution in [0.2, 0.25) is 0 Å². The van der Waals surface area contributed by atoms with Gasteiger partial charge in [-0.15, -0.1) is 0 Å². The lowest BCUT2D eigenvalue weighted by Gasteiger charge is -2.30. The Morgan fingerprint density at radius 1 is 1.04 bits per heavy atom. The van der Waals surface area contributed by atoms with Gasteiger partial charge in [0.2, 0.25) is 5.91 Å². The van der Waals surface area contributed by atoms with E-state index in [1.54, 1.807) is 0 Å². The first kappa shape index (κ1) is 17.5. The number of rotatable bonds is 4. The lowest BCUT2D eigenvalue weighted by atomic mass is 9.96. The van der Waals surface area contributed by atoms with Crippen molar-refractivity contribution in [2.45, 2.75) is 25.1 Å². The number of nitrogens with one attached hydrogen (secondary N) is 1. The van der Waals surface area contributed by atoms with Gasteiger partial charge in [-0.2, -0.15) is 13.2 Å². The van der Waals surface area contributed by atoms with Crippen LogP contribution in [0.25, 0.3) is 0 Å². The molecule has 1 N–H and O–H groups in total. The molecule has 1 aliphatic heterocycles. The normalized spacial score (nSPS) is 18.4.